The number of rotatable bonds is 4. The van der Waals surface area contributed by atoms with Crippen molar-refractivity contribution < 1.29 is 4.74 Å². The summed E-state index contributed by atoms with van der Waals surface area (Å²) >= 11 is 9.52. The van der Waals surface area contributed by atoms with Crippen LogP contribution in [0.2, 0.25) is 0 Å². The fourth-order valence-electron chi connectivity index (χ4n) is 2.38. The molecule has 1 aromatic heterocycles. The Balaban J connectivity index is 2.06. The van der Waals surface area contributed by atoms with E-state index in [-0.39, 0.29) is 0 Å². The average Bonchev–Trinajstić information content (AvgIpc) is 2.84. The first-order valence-electron chi connectivity index (χ1n) is 6.55. The third-order valence-electron chi connectivity index (χ3n) is 3.38. The van der Waals surface area contributed by atoms with Crippen LogP contribution in [0.4, 0.5) is 0 Å². The zero-order chi connectivity index (χ0) is 14.8. The van der Waals surface area contributed by atoms with Crippen molar-refractivity contribution >= 4 is 38.6 Å². The highest BCUT2D eigenvalue weighted by molar-refractivity contribution is 9.10. The topological polar surface area (TPSA) is 27.1 Å². The van der Waals surface area contributed by atoms with Crippen LogP contribution in [-0.2, 0) is 12.4 Å². The third kappa shape index (κ3) is 2.92. The molecule has 0 amide bonds. The predicted octanol–water partition coefficient (Wildman–Crippen LogP) is 4.59. The van der Waals surface area contributed by atoms with E-state index in [9.17, 15) is 0 Å². The van der Waals surface area contributed by atoms with Crippen molar-refractivity contribution in [3.8, 4) is 5.75 Å². The summed E-state index contributed by atoms with van der Waals surface area (Å²) in [5.41, 5.74) is 3.18. The minimum absolute atomic E-state index is 0.385. The highest BCUT2D eigenvalue weighted by Crippen LogP contribution is 2.23. The van der Waals surface area contributed by atoms with E-state index >= 15 is 0 Å². The maximum atomic E-state index is 6.05. The number of methoxy groups -OCH3 is 1. The van der Waals surface area contributed by atoms with E-state index in [0.29, 0.717) is 5.88 Å². The van der Waals surface area contributed by atoms with Crippen LogP contribution in [0.15, 0.2) is 46.9 Å². The standard InChI is InChI=1S/C16H14BrClN2O/c1-21-13-4-2-3-11(7-13)10-20-15-6-5-12(17)8-14(15)19-16(20)9-18/h2-8H,9-10H2,1H3. The van der Waals surface area contributed by atoms with Gasteiger partial charge in [0, 0.05) is 11.0 Å². The number of fused-ring (bicyclic) bond motifs is 1. The van der Waals surface area contributed by atoms with Gasteiger partial charge in [-0.25, -0.2) is 4.98 Å². The maximum Gasteiger partial charge on any atom is 0.125 e. The van der Waals surface area contributed by atoms with Gasteiger partial charge in [0.1, 0.15) is 11.6 Å². The summed E-state index contributed by atoms with van der Waals surface area (Å²) in [6.07, 6.45) is 0. The van der Waals surface area contributed by atoms with Crippen molar-refractivity contribution in [2.45, 2.75) is 12.4 Å². The number of ether oxygens (including phenoxy) is 1. The summed E-state index contributed by atoms with van der Waals surface area (Å²) in [7, 11) is 1.67. The van der Waals surface area contributed by atoms with E-state index in [1.165, 1.54) is 0 Å². The van der Waals surface area contributed by atoms with E-state index in [2.05, 4.69) is 37.6 Å². The highest BCUT2D eigenvalue weighted by Gasteiger charge is 2.11. The molecular formula is C16H14BrClN2O. The van der Waals surface area contributed by atoms with Gasteiger partial charge in [-0.3, -0.25) is 0 Å². The van der Waals surface area contributed by atoms with Crippen molar-refractivity contribution in [1.82, 2.24) is 9.55 Å². The molecule has 0 N–H and O–H groups in total. The Morgan fingerprint density at radius 3 is 2.86 bits per heavy atom. The molecular weight excluding hydrogens is 352 g/mol. The van der Waals surface area contributed by atoms with Gasteiger partial charge in [-0.05, 0) is 35.9 Å². The summed E-state index contributed by atoms with van der Waals surface area (Å²) in [5, 5.41) is 0. The summed E-state index contributed by atoms with van der Waals surface area (Å²) in [5.74, 6) is 2.11. The number of nitrogens with zero attached hydrogens (tertiary/aromatic N) is 2. The molecule has 0 fully saturated rings. The Kier molecular flexibility index (Phi) is 4.17. The van der Waals surface area contributed by atoms with E-state index in [1.54, 1.807) is 7.11 Å². The quantitative estimate of drug-likeness (QED) is 0.632. The van der Waals surface area contributed by atoms with E-state index < -0.39 is 0 Å². The Morgan fingerprint density at radius 1 is 1.24 bits per heavy atom. The lowest BCUT2D eigenvalue weighted by Crippen LogP contribution is -2.04. The van der Waals surface area contributed by atoms with Gasteiger partial charge in [-0.2, -0.15) is 0 Å². The van der Waals surface area contributed by atoms with Crippen LogP contribution in [0.25, 0.3) is 11.0 Å². The van der Waals surface area contributed by atoms with Crippen LogP contribution in [0.3, 0.4) is 0 Å². The SMILES string of the molecule is COc1cccc(Cn2c(CCl)nc3cc(Br)ccc32)c1. The summed E-state index contributed by atoms with van der Waals surface area (Å²) in [4.78, 5) is 4.60. The van der Waals surface area contributed by atoms with Gasteiger partial charge < -0.3 is 9.30 Å². The molecule has 0 spiro atoms. The van der Waals surface area contributed by atoms with Crippen LogP contribution in [0.1, 0.15) is 11.4 Å². The summed E-state index contributed by atoms with van der Waals surface area (Å²) in [6.45, 7) is 0.720. The molecule has 2 aromatic carbocycles. The molecule has 1 heterocycles. The molecule has 0 aliphatic carbocycles. The lowest BCUT2D eigenvalue weighted by atomic mass is 10.2. The van der Waals surface area contributed by atoms with Crippen LogP contribution >= 0.6 is 27.5 Å². The smallest absolute Gasteiger partial charge is 0.125 e. The Labute approximate surface area is 136 Å². The molecule has 3 nitrogen and oxygen atoms in total. The third-order valence-corrected chi connectivity index (χ3v) is 4.12. The van der Waals surface area contributed by atoms with Crippen LogP contribution in [-0.4, -0.2) is 16.7 Å². The van der Waals surface area contributed by atoms with Gasteiger partial charge in [0.25, 0.3) is 0 Å². The van der Waals surface area contributed by atoms with Crippen molar-refractivity contribution in [1.29, 1.82) is 0 Å². The Morgan fingerprint density at radius 2 is 2.10 bits per heavy atom. The first-order valence-corrected chi connectivity index (χ1v) is 7.87. The second kappa shape index (κ2) is 6.08. The molecule has 108 valence electrons. The monoisotopic (exact) mass is 364 g/mol. The van der Waals surface area contributed by atoms with Gasteiger partial charge in [0.05, 0.1) is 24.0 Å². The number of aromatic nitrogens is 2. The number of hydrogen-bond donors (Lipinski definition) is 0. The number of benzene rings is 2. The van der Waals surface area contributed by atoms with Gasteiger partial charge in [-0.1, -0.05) is 28.1 Å². The number of halogens is 2. The zero-order valence-electron chi connectivity index (χ0n) is 11.5. The zero-order valence-corrected chi connectivity index (χ0v) is 13.9. The van der Waals surface area contributed by atoms with Gasteiger partial charge in [-0.15, -0.1) is 11.6 Å². The normalized spacial score (nSPS) is 11.0. The van der Waals surface area contributed by atoms with Gasteiger partial charge in [0.2, 0.25) is 0 Å². The largest absolute Gasteiger partial charge is 0.497 e. The number of hydrogen-bond acceptors (Lipinski definition) is 2. The Bertz CT molecular complexity index is 785. The molecule has 0 unspecified atom stereocenters. The molecule has 0 atom stereocenters. The molecule has 0 aliphatic heterocycles. The Hall–Kier alpha value is -1.52. The summed E-state index contributed by atoms with van der Waals surface area (Å²) in [6, 6.07) is 14.1. The molecule has 5 heteroatoms. The van der Waals surface area contributed by atoms with E-state index in [0.717, 1.165) is 39.2 Å². The van der Waals surface area contributed by atoms with Crippen molar-refractivity contribution in [2.75, 3.05) is 7.11 Å². The minimum Gasteiger partial charge on any atom is -0.497 e. The van der Waals surface area contributed by atoms with Crippen molar-refractivity contribution in [3.05, 3.63) is 58.3 Å². The maximum absolute atomic E-state index is 6.05. The fourth-order valence-corrected chi connectivity index (χ4v) is 2.94. The first kappa shape index (κ1) is 14.4. The number of imidazole rings is 1. The molecule has 3 aromatic rings. The van der Waals surface area contributed by atoms with Crippen LogP contribution in [0, 0.1) is 0 Å². The molecule has 0 radical (unpaired) electrons. The lowest BCUT2D eigenvalue weighted by Gasteiger charge is -2.09. The molecule has 0 saturated carbocycles. The molecule has 21 heavy (non-hydrogen) atoms. The number of alkyl halides is 1. The van der Waals surface area contributed by atoms with Crippen LogP contribution < -0.4 is 4.74 Å². The van der Waals surface area contributed by atoms with Crippen molar-refractivity contribution in [2.24, 2.45) is 0 Å². The minimum atomic E-state index is 0.385. The van der Waals surface area contributed by atoms with Crippen LogP contribution in [0.5, 0.6) is 5.75 Å². The molecule has 0 bridgehead atoms. The highest BCUT2D eigenvalue weighted by atomic mass is 79.9. The molecule has 0 saturated heterocycles. The van der Waals surface area contributed by atoms with E-state index in [4.69, 9.17) is 16.3 Å². The lowest BCUT2D eigenvalue weighted by molar-refractivity contribution is 0.414. The molecule has 0 aliphatic rings. The van der Waals surface area contributed by atoms with Gasteiger partial charge >= 0.3 is 0 Å². The van der Waals surface area contributed by atoms with Crippen molar-refractivity contribution in [3.63, 3.8) is 0 Å². The van der Waals surface area contributed by atoms with E-state index in [1.807, 2.05) is 30.3 Å². The second-order valence-corrected chi connectivity index (χ2v) is 5.92. The predicted molar refractivity (Wildman–Crippen MR) is 89.1 cm³/mol. The second-order valence-electron chi connectivity index (χ2n) is 4.73. The molecule has 3 rings (SSSR count). The average molecular weight is 366 g/mol. The fraction of sp³-hybridized carbons (Fsp3) is 0.188. The van der Waals surface area contributed by atoms with Gasteiger partial charge in [0.15, 0.2) is 0 Å². The first-order chi connectivity index (χ1) is 10.2. The summed E-state index contributed by atoms with van der Waals surface area (Å²) < 4.78 is 8.43.